The van der Waals surface area contributed by atoms with Crippen molar-refractivity contribution in [1.29, 1.82) is 5.26 Å². The van der Waals surface area contributed by atoms with Crippen LogP contribution in [0, 0.1) is 17.1 Å². The maximum Gasteiger partial charge on any atom is 0.215 e. The predicted octanol–water partition coefficient (Wildman–Crippen LogP) is 4.38. The van der Waals surface area contributed by atoms with Crippen LogP contribution >= 0.6 is 0 Å². The number of piperazine rings is 1. The van der Waals surface area contributed by atoms with Crippen LogP contribution in [0.25, 0.3) is 11.0 Å². The van der Waals surface area contributed by atoms with Crippen molar-refractivity contribution in [3.05, 3.63) is 102 Å². The van der Waals surface area contributed by atoms with Crippen molar-refractivity contribution in [3.8, 4) is 11.9 Å². The lowest BCUT2D eigenvalue weighted by atomic mass is 10.1. The van der Waals surface area contributed by atoms with Gasteiger partial charge in [-0.05, 0) is 30.3 Å². The predicted molar refractivity (Wildman–Crippen MR) is 143 cm³/mol. The topological polar surface area (TPSA) is 96.2 Å². The van der Waals surface area contributed by atoms with E-state index < -0.39 is 5.82 Å². The molecule has 0 unspecified atom stereocenters. The van der Waals surface area contributed by atoms with Gasteiger partial charge in [0.2, 0.25) is 5.88 Å². The zero-order valence-electron chi connectivity index (χ0n) is 21.2. The molecule has 0 radical (unpaired) electrons. The number of benzene rings is 2. The zero-order valence-corrected chi connectivity index (χ0v) is 21.2. The molecule has 10 heteroatoms. The van der Waals surface area contributed by atoms with Crippen LogP contribution < -0.4 is 9.64 Å². The van der Waals surface area contributed by atoms with Gasteiger partial charge in [0, 0.05) is 37.8 Å². The molecule has 1 saturated heterocycles. The standard InChI is InChI=1S/C29H26FN7O2/c30-24-14-21(15-31)8-9-22(24)19-38-29-7-3-6-27(34-29)36-12-10-35(11-13-36)18-28-33-25-4-1-2-5-26(25)37(28)17-23-16-32-20-39-23/h1-9,14,16,20H,10-13,17-19H2. The number of para-hydroxylation sites is 2. The minimum Gasteiger partial charge on any atom is -0.473 e. The SMILES string of the molecule is N#Cc1ccc(COc2cccc(N3CCN(Cc4nc5ccccc5n4Cc4cnco4)CC3)n2)c(F)c1. The van der Waals surface area contributed by atoms with Gasteiger partial charge in [-0.25, -0.2) is 14.4 Å². The number of halogens is 1. The Labute approximate surface area is 224 Å². The van der Waals surface area contributed by atoms with E-state index in [9.17, 15) is 4.39 Å². The van der Waals surface area contributed by atoms with Crippen molar-refractivity contribution in [2.24, 2.45) is 0 Å². The Balaban J connectivity index is 1.09. The van der Waals surface area contributed by atoms with Crippen LogP contribution in [0.4, 0.5) is 10.2 Å². The van der Waals surface area contributed by atoms with Gasteiger partial charge in [0.1, 0.15) is 29.8 Å². The van der Waals surface area contributed by atoms with E-state index in [1.165, 1.54) is 12.5 Å². The molecule has 0 atom stereocenters. The molecule has 0 aliphatic carbocycles. The molecule has 5 aromatic rings. The number of oxazole rings is 1. The number of aromatic nitrogens is 4. The van der Waals surface area contributed by atoms with Gasteiger partial charge in [-0.15, -0.1) is 0 Å². The smallest absolute Gasteiger partial charge is 0.215 e. The first-order valence-corrected chi connectivity index (χ1v) is 12.7. The van der Waals surface area contributed by atoms with E-state index in [4.69, 9.17) is 19.4 Å². The first-order valence-electron chi connectivity index (χ1n) is 12.7. The van der Waals surface area contributed by atoms with Gasteiger partial charge in [-0.2, -0.15) is 10.2 Å². The molecular formula is C29H26FN7O2. The van der Waals surface area contributed by atoms with E-state index in [1.807, 2.05) is 36.4 Å². The highest BCUT2D eigenvalue weighted by atomic mass is 19.1. The Morgan fingerprint density at radius 1 is 0.974 bits per heavy atom. The summed E-state index contributed by atoms with van der Waals surface area (Å²) in [5.41, 5.74) is 2.70. The van der Waals surface area contributed by atoms with E-state index >= 15 is 0 Å². The summed E-state index contributed by atoms with van der Waals surface area (Å²) in [5.74, 6) is 2.57. The number of nitriles is 1. The summed E-state index contributed by atoms with van der Waals surface area (Å²) in [7, 11) is 0. The molecular weight excluding hydrogens is 497 g/mol. The summed E-state index contributed by atoms with van der Waals surface area (Å²) in [5, 5.41) is 8.92. The lowest BCUT2D eigenvalue weighted by molar-refractivity contribution is 0.240. The van der Waals surface area contributed by atoms with Gasteiger partial charge in [-0.1, -0.05) is 24.3 Å². The van der Waals surface area contributed by atoms with Gasteiger partial charge in [-0.3, -0.25) is 4.90 Å². The van der Waals surface area contributed by atoms with Gasteiger partial charge < -0.3 is 18.6 Å². The normalized spacial score (nSPS) is 14.0. The van der Waals surface area contributed by atoms with Crippen molar-refractivity contribution in [2.75, 3.05) is 31.1 Å². The number of anilines is 1. The summed E-state index contributed by atoms with van der Waals surface area (Å²) in [6.07, 6.45) is 3.19. The molecule has 1 aliphatic heterocycles. The summed E-state index contributed by atoms with van der Waals surface area (Å²) in [6, 6.07) is 20.0. The van der Waals surface area contributed by atoms with Gasteiger partial charge in [0.05, 0.1) is 42.0 Å². The number of hydrogen-bond donors (Lipinski definition) is 0. The number of nitrogens with zero attached hydrogens (tertiary/aromatic N) is 7. The molecule has 9 nitrogen and oxygen atoms in total. The van der Waals surface area contributed by atoms with Crippen molar-refractivity contribution >= 4 is 16.9 Å². The summed E-state index contributed by atoms with van der Waals surface area (Å²) >= 11 is 0. The maximum atomic E-state index is 14.2. The zero-order chi connectivity index (χ0) is 26.6. The van der Waals surface area contributed by atoms with Crippen molar-refractivity contribution in [1.82, 2.24) is 24.4 Å². The molecule has 3 aromatic heterocycles. The van der Waals surface area contributed by atoms with Crippen LogP contribution in [0.1, 0.15) is 22.7 Å². The van der Waals surface area contributed by atoms with E-state index in [-0.39, 0.29) is 12.2 Å². The van der Waals surface area contributed by atoms with E-state index in [1.54, 1.807) is 24.4 Å². The highest BCUT2D eigenvalue weighted by Crippen LogP contribution is 2.22. The van der Waals surface area contributed by atoms with Crippen LogP contribution in [0.3, 0.4) is 0 Å². The van der Waals surface area contributed by atoms with E-state index in [0.29, 0.717) is 18.0 Å². The number of pyridine rings is 1. The van der Waals surface area contributed by atoms with Crippen molar-refractivity contribution in [2.45, 2.75) is 19.7 Å². The van der Waals surface area contributed by atoms with Crippen molar-refractivity contribution in [3.63, 3.8) is 0 Å². The summed E-state index contributed by atoms with van der Waals surface area (Å²) < 4.78 is 27.7. The Bertz CT molecular complexity index is 1620. The van der Waals surface area contributed by atoms with E-state index in [2.05, 4.69) is 30.4 Å². The fraction of sp³-hybridized carbons (Fsp3) is 0.241. The molecule has 0 spiro atoms. The minimum absolute atomic E-state index is 0.0385. The molecule has 0 saturated carbocycles. The average Bonchev–Trinajstić information content (AvgIpc) is 3.61. The second kappa shape index (κ2) is 10.9. The number of imidazole rings is 1. The summed E-state index contributed by atoms with van der Waals surface area (Å²) in [6.45, 7) is 4.68. The summed E-state index contributed by atoms with van der Waals surface area (Å²) in [4.78, 5) is 18.2. The highest BCUT2D eigenvalue weighted by Gasteiger charge is 2.21. The lowest BCUT2D eigenvalue weighted by Crippen LogP contribution is -2.46. The Hall–Kier alpha value is -4.75. The molecule has 196 valence electrons. The maximum absolute atomic E-state index is 14.2. The molecule has 2 aromatic carbocycles. The molecule has 1 fully saturated rings. The third kappa shape index (κ3) is 5.44. The van der Waals surface area contributed by atoms with Crippen LogP contribution in [-0.4, -0.2) is 50.6 Å². The largest absolute Gasteiger partial charge is 0.473 e. The van der Waals surface area contributed by atoms with E-state index in [0.717, 1.165) is 61.2 Å². The number of hydrogen-bond acceptors (Lipinski definition) is 8. The van der Waals surface area contributed by atoms with Gasteiger partial charge in [0.15, 0.2) is 6.39 Å². The fourth-order valence-electron chi connectivity index (χ4n) is 4.78. The van der Waals surface area contributed by atoms with Crippen LogP contribution in [0.5, 0.6) is 5.88 Å². The lowest BCUT2D eigenvalue weighted by Gasteiger charge is -2.35. The molecule has 0 bridgehead atoms. The molecule has 0 amide bonds. The Kier molecular flexibility index (Phi) is 6.89. The second-order valence-electron chi connectivity index (χ2n) is 9.37. The quantitative estimate of drug-likeness (QED) is 0.296. The third-order valence-electron chi connectivity index (χ3n) is 6.86. The number of fused-ring (bicyclic) bond motifs is 1. The average molecular weight is 524 g/mol. The van der Waals surface area contributed by atoms with Crippen LogP contribution in [-0.2, 0) is 19.7 Å². The number of rotatable bonds is 8. The first kappa shape index (κ1) is 24.6. The van der Waals surface area contributed by atoms with Crippen LogP contribution in [0.15, 0.2) is 77.7 Å². The molecule has 39 heavy (non-hydrogen) atoms. The van der Waals surface area contributed by atoms with Gasteiger partial charge >= 0.3 is 0 Å². The number of ether oxygens (including phenoxy) is 1. The first-order chi connectivity index (χ1) is 19.2. The minimum atomic E-state index is -0.462. The van der Waals surface area contributed by atoms with Gasteiger partial charge in [0.25, 0.3) is 0 Å². The molecule has 1 aliphatic rings. The molecule has 6 rings (SSSR count). The second-order valence-corrected chi connectivity index (χ2v) is 9.37. The monoisotopic (exact) mass is 523 g/mol. The molecule has 4 heterocycles. The fourth-order valence-corrected chi connectivity index (χ4v) is 4.78. The molecule has 0 N–H and O–H groups in total. The third-order valence-corrected chi connectivity index (χ3v) is 6.86. The van der Waals surface area contributed by atoms with Crippen molar-refractivity contribution < 1.29 is 13.5 Å². The highest BCUT2D eigenvalue weighted by molar-refractivity contribution is 5.76. The Morgan fingerprint density at radius 2 is 1.85 bits per heavy atom. The van der Waals surface area contributed by atoms with Crippen LogP contribution in [0.2, 0.25) is 0 Å². The Morgan fingerprint density at radius 3 is 2.64 bits per heavy atom.